The average molecular weight is 858 g/mol. The Morgan fingerprint density at radius 3 is 1.54 bits per heavy atom. The van der Waals surface area contributed by atoms with Crippen LogP contribution >= 0.6 is 0 Å². The van der Waals surface area contributed by atoms with Crippen molar-refractivity contribution in [3.8, 4) is 55.6 Å². The van der Waals surface area contributed by atoms with E-state index in [2.05, 4.69) is 258 Å². The van der Waals surface area contributed by atoms with Crippen molar-refractivity contribution in [2.24, 2.45) is 0 Å². The second-order valence-corrected chi connectivity index (χ2v) is 20.4. The van der Waals surface area contributed by atoms with Gasteiger partial charge in [0.2, 0.25) is 0 Å². The van der Waals surface area contributed by atoms with Crippen LogP contribution in [0.1, 0.15) is 73.6 Å². The molecule has 1 nitrogen and oxygen atoms in total. The lowest BCUT2D eigenvalue weighted by Crippen LogP contribution is -2.26. The molecule has 0 radical (unpaired) electrons. The molecule has 0 unspecified atom stereocenters. The Kier molecular flexibility index (Phi) is 8.50. The van der Waals surface area contributed by atoms with Crippen LogP contribution in [0.3, 0.4) is 0 Å². The Bertz CT molecular complexity index is 3590. The van der Waals surface area contributed by atoms with Crippen molar-refractivity contribution in [3.05, 3.63) is 257 Å². The van der Waals surface area contributed by atoms with Gasteiger partial charge in [-0.05, 0) is 142 Å². The largest absolute Gasteiger partial charge is 0.310 e. The highest BCUT2D eigenvalue weighted by molar-refractivity contribution is 6.00. The minimum absolute atomic E-state index is 0.0537. The van der Waals surface area contributed by atoms with Crippen molar-refractivity contribution in [3.63, 3.8) is 0 Å². The molecule has 0 fully saturated rings. The van der Waals surface area contributed by atoms with E-state index in [1.54, 1.807) is 0 Å². The van der Waals surface area contributed by atoms with E-state index in [0.717, 1.165) is 17.1 Å². The van der Waals surface area contributed by atoms with E-state index in [4.69, 9.17) is 0 Å². The third-order valence-electron chi connectivity index (χ3n) is 15.4. The first-order valence-corrected chi connectivity index (χ1v) is 23.8. The third-order valence-corrected chi connectivity index (χ3v) is 15.4. The molecule has 0 atom stereocenters. The van der Waals surface area contributed by atoms with Crippen LogP contribution in [0.2, 0.25) is 0 Å². The summed E-state index contributed by atoms with van der Waals surface area (Å²) in [5.41, 5.74) is 25.1. The zero-order valence-electron chi connectivity index (χ0n) is 38.7. The van der Waals surface area contributed by atoms with Gasteiger partial charge in [0.25, 0.3) is 0 Å². The Hall–Kier alpha value is -7.74. The Labute approximate surface area is 394 Å². The molecule has 0 N–H and O–H groups in total. The molecular weight excluding hydrogens is 807 g/mol. The summed E-state index contributed by atoms with van der Waals surface area (Å²) in [7, 11) is 0. The minimum Gasteiger partial charge on any atom is -0.310 e. The summed E-state index contributed by atoms with van der Waals surface area (Å²) in [5.74, 6) is 0. The topological polar surface area (TPSA) is 3.24 Å². The molecule has 1 spiro atoms. The number of fused-ring (bicyclic) bond motifs is 14. The fourth-order valence-corrected chi connectivity index (χ4v) is 12.2. The number of anilines is 3. The maximum atomic E-state index is 2.52. The maximum absolute atomic E-state index is 2.52. The molecule has 3 aliphatic carbocycles. The highest BCUT2D eigenvalue weighted by Gasteiger charge is 2.51. The lowest BCUT2D eigenvalue weighted by atomic mass is 9.70. The van der Waals surface area contributed by atoms with Crippen LogP contribution in [-0.4, -0.2) is 0 Å². The van der Waals surface area contributed by atoms with E-state index in [0.29, 0.717) is 0 Å². The number of para-hydroxylation sites is 1. The molecule has 0 saturated carbocycles. The van der Waals surface area contributed by atoms with Crippen LogP contribution in [0.4, 0.5) is 17.1 Å². The van der Waals surface area contributed by atoms with Crippen LogP contribution in [0.15, 0.2) is 218 Å². The number of hydrogen-bond donors (Lipinski definition) is 0. The van der Waals surface area contributed by atoms with Crippen LogP contribution < -0.4 is 4.90 Å². The van der Waals surface area contributed by atoms with Crippen molar-refractivity contribution in [1.82, 2.24) is 0 Å². The second kappa shape index (κ2) is 14.4. The van der Waals surface area contributed by atoms with Gasteiger partial charge in [-0.3, -0.25) is 0 Å². The molecule has 0 bridgehead atoms. The predicted molar refractivity (Wildman–Crippen MR) is 282 cm³/mol. The van der Waals surface area contributed by atoms with Gasteiger partial charge < -0.3 is 4.90 Å². The molecule has 0 aliphatic heterocycles. The molecule has 0 saturated heterocycles. The smallest absolute Gasteiger partial charge is 0.0726 e. The van der Waals surface area contributed by atoms with Gasteiger partial charge in [-0.25, -0.2) is 0 Å². The third kappa shape index (κ3) is 5.68. The molecule has 1 heteroatoms. The number of hydrogen-bond acceptors (Lipinski definition) is 1. The van der Waals surface area contributed by atoms with Crippen molar-refractivity contribution in [1.29, 1.82) is 0 Å². The highest BCUT2D eigenvalue weighted by atomic mass is 15.1. The Morgan fingerprint density at radius 2 is 0.866 bits per heavy atom. The average Bonchev–Trinajstić information content (AvgIpc) is 3.92. The fourth-order valence-electron chi connectivity index (χ4n) is 12.2. The monoisotopic (exact) mass is 857 g/mol. The van der Waals surface area contributed by atoms with Gasteiger partial charge in [0.15, 0.2) is 0 Å². The number of benzene rings is 10. The van der Waals surface area contributed by atoms with Gasteiger partial charge in [0.05, 0.1) is 11.1 Å². The van der Waals surface area contributed by atoms with E-state index >= 15 is 0 Å². The quantitative estimate of drug-likeness (QED) is 0.167. The Balaban J connectivity index is 1.04. The van der Waals surface area contributed by atoms with Crippen molar-refractivity contribution in [2.45, 2.75) is 50.9 Å². The SMILES string of the molecule is CC(C)(C)c1ccc2c(c1)C(C)(C)c1cccc(-c3ccccc3N(c3ccc(-c4ccc5ccccc5c4)cc3)c3ccc4c(c3)C3(c5ccccc5-c5ccccc53)c3ccccc3-4)c1-2. The van der Waals surface area contributed by atoms with E-state index < -0.39 is 5.41 Å². The van der Waals surface area contributed by atoms with E-state index in [9.17, 15) is 0 Å². The molecule has 320 valence electrons. The summed E-state index contributed by atoms with van der Waals surface area (Å²) in [4.78, 5) is 2.52. The number of nitrogens with zero attached hydrogens (tertiary/aromatic N) is 1. The molecule has 3 aliphatic rings. The van der Waals surface area contributed by atoms with E-state index in [1.165, 1.54) is 105 Å². The van der Waals surface area contributed by atoms with E-state index in [1.807, 2.05) is 0 Å². The van der Waals surface area contributed by atoms with Crippen LogP contribution in [0.5, 0.6) is 0 Å². The fraction of sp³-hybridized carbons (Fsp3) is 0.121. The number of rotatable bonds is 5. The predicted octanol–water partition coefficient (Wildman–Crippen LogP) is 17.6. The van der Waals surface area contributed by atoms with Crippen molar-refractivity contribution < 1.29 is 0 Å². The molecule has 0 heterocycles. The molecule has 10 aromatic rings. The molecule has 0 amide bonds. The molecular formula is C66H51N. The summed E-state index contributed by atoms with van der Waals surface area (Å²) >= 11 is 0. The van der Waals surface area contributed by atoms with Crippen LogP contribution in [-0.2, 0) is 16.2 Å². The van der Waals surface area contributed by atoms with E-state index in [-0.39, 0.29) is 10.8 Å². The molecule has 10 aromatic carbocycles. The lowest BCUT2D eigenvalue weighted by molar-refractivity contribution is 0.584. The Morgan fingerprint density at radius 1 is 0.343 bits per heavy atom. The first-order chi connectivity index (χ1) is 32.6. The second-order valence-electron chi connectivity index (χ2n) is 20.4. The molecule has 67 heavy (non-hydrogen) atoms. The normalized spacial score (nSPS) is 14.3. The summed E-state index contributed by atoms with van der Waals surface area (Å²) in [5, 5.41) is 2.50. The van der Waals surface area contributed by atoms with Crippen molar-refractivity contribution in [2.75, 3.05) is 4.90 Å². The first kappa shape index (κ1) is 39.6. The van der Waals surface area contributed by atoms with Gasteiger partial charge in [0, 0.05) is 22.4 Å². The zero-order chi connectivity index (χ0) is 45.2. The van der Waals surface area contributed by atoms with Crippen LogP contribution in [0, 0.1) is 0 Å². The van der Waals surface area contributed by atoms with Crippen molar-refractivity contribution >= 4 is 27.8 Å². The summed E-state index contributed by atoms with van der Waals surface area (Å²) in [6.07, 6.45) is 0. The molecule has 13 rings (SSSR count). The zero-order valence-corrected chi connectivity index (χ0v) is 38.7. The van der Waals surface area contributed by atoms with Gasteiger partial charge in [-0.2, -0.15) is 0 Å². The summed E-state index contributed by atoms with van der Waals surface area (Å²) in [6.45, 7) is 11.8. The minimum atomic E-state index is -0.457. The van der Waals surface area contributed by atoms with Gasteiger partial charge in [0.1, 0.15) is 0 Å². The van der Waals surface area contributed by atoms with Gasteiger partial charge >= 0.3 is 0 Å². The highest BCUT2D eigenvalue weighted by Crippen LogP contribution is 2.63. The summed E-state index contributed by atoms with van der Waals surface area (Å²) in [6, 6.07) is 82.5. The maximum Gasteiger partial charge on any atom is 0.0726 e. The van der Waals surface area contributed by atoms with Crippen LogP contribution in [0.25, 0.3) is 66.4 Å². The summed E-state index contributed by atoms with van der Waals surface area (Å²) < 4.78 is 0. The van der Waals surface area contributed by atoms with Gasteiger partial charge in [-0.1, -0.05) is 217 Å². The van der Waals surface area contributed by atoms with Gasteiger partial charge in [-0.15, -0.1) is 0 Å². The standard InChI is InChI=1S/C66H51N/c1-64(2,3)46-33-37-55-60(40-46)65(4,5)59-27-16-23-54(63(55)59)53-22-11-15-28-62(53)67(47-34-31-43(32-35-47)45-30-29-42-17-6-7-18-44(42)39-45)48-36-38-52-51-21-10-14-26-58(51)66(61(52)41-48)56-24-12-8-19-49(56)50-20-9-13-25-57(50)66/h6-41H,1-5H3. The lowest BCUT2D eigenvalue weighted by Gasteiger charge is -2.33. The molecule has 0 aromatic heterocycles. The first-order valence-electron chi connectivity index (χ1n) is 23.8.